The van der Waals surface area contributed by atoms with E-state index in [1.807, 2.05) is 55.5 Å². The summed E-state index contributed by atoms with van der Waals surface area (Å²) in [6, 6.07) is 15.1. The normalized spacial score (nSPS) is 10.3. The molecule has 1 heterocycles. The van der Waals surface area contributed by atoms with Gasteiger partial charge in [-0.05, 0) is 43.3 Å². The van der Waals surface area contributed by atoms with Crippen molar-refractivity contribution < 1.29 is 4.79 Å². The second kappa shape index (κ2) is 5.63. The first-order chi connectivity index (χ1) is 10.2. The van der Waals surface area contributed by atoms with Gasteiger partial charge in [0.2, 0.25) is 0 Å². The van der Waals surface area contributed by atoms with Gasteiger partial charge in [-0.1, -0.05) is 17.7 Å². The number of aromatic nitrogens is 2. The Morgan fingerprint density at radius 1 is 1.05 bits per heavy atom. The molecule has 0 unspecified atom stereocenters. The third-order valence-corrected chi connectivity index (χ3v) is 3.23. The number of hydrogen-bond donors (Lipinski definition) is 2. The van der Waals surface area contributed by atoms with Crippen molar-refractivity contribution in [3.8, 4) is 11.4 Å². The van der Waals surface area contributed by atoms with E-state index in [0.29, 0.717) is 5.56 Å². The maximum Gasteiger partial charge on any atom is 0.255 e. The van der Waals surface area contributed by atoms with E-state index in [1.165, 1.54) is 0 Å². The molecule has 3 aromatic rings. The molecule has 4 heteroatoms. The summed E-state index contributed by atoms with van der Waals surface area (Å²) in [6.07, 6.45) is 3.49. The Labute approximate surface area is 122 Å². The van der Waals surface area contributed by atoms with Crippen molar-refractivity contribution in [3.05, 3.63) is 72.1 Å². The average Bonchev–Trinajstić information content (AvgIpc) is 3.03. The van der Waals surface area contributed by atoms with Crippen LogP contribution < -0.4 is 5.32 Å². The van der Waals surface area contributed by atoms with Crippen LogP contribution in [0.1, 0.15) is 15.9 Å². The molecule has 0 spiro atoms. The van der Waals surface area contributed by atoms with Gasteiger partial charge in [0.25, 0.3) is 5.91 Å². The first-order valence-corrected chi connectivity index (χ1v) is 6.70. The lowest BCUT2D eigenvalue weighted by molar-refractivity contribution is 0.102. The highest BCUT2D eigenvalue weighted by atomic mass is 16.1. The van der Waals surface area contributed by atoms with Crippen LogP contribution in [-0.4, -0.2) is 15.9 Å². The van der Waals surface area contributed by atoms with Gasteiger partial charge in [-0.25, -0.2) is 4.98 Å². The fraction of sp³-hybridized carbons (Fsp3) is 0.0588. The first-order valence-electron chi connectivity index (χ1n) is 6.70. The fourth-order valence-electron chi connectivity index (χ4n) is 2.04. The Hall–Kier alpha value is -2.88. The van der Waals surface area contributed by atoms with Gasteiger partial charge in [0.05, 0.1) is 0 Å². The molecule has 21 heavy (non-hydrogen) atoms. The Balaban J connectivity index is 1.73. The third kappa shape index (κ3) is 3.00. The Kier molecular flexibility index (Phi) is 3.51. The molecule has 0 aliphatic rings. The number of anilines is 1. The quantitative estimate of drug-likeness (QED) is 0.768. The standard InChI is InChI=1S/C17H15N3O/c1-12-2-4-14(5-3-12)17(21)20-15-8-6-13(7-9-15)16-18-10-11-19-16/h2-11H,1H3,(H,18,19)(H,20,21). The zero-order valence-corrected chi connectivity index (χ0v) is 11.6. The summed E-state index contributed by atoms with van der Waals surface area (Å²) < 4.78 is 0. The fourth-order valence-corrected chi connectivity index (χ4v) is 2.04. The van der Waals surface area contributed by atoms with E-state index in [-0.39, 0.29) is 5.91 Å². The maximum absolute atomic E-state index is 12.1. The molecule has 0 saturated carbocycles. The number of nitrogens with one attached hydrogen (secondary N) is 2. The summed E-state index contributed by atoms with van der Waals surface area (Å²) in [5.41, 5.74) is 3.52. The van der Waals surface area contributed by atoms with Crippen molar-refractivity contribution in [2.45, 2.75) is 6.92 Å². The summed E-state index contributed by atoms with van der Waals surface area (Å²) in [6.45, 7) is 2.00. The molecule has 1 amide bonds. The minimum atomic E-state index is -0.110. The summed E-state index contributed by atoms with van der Waals surface area (Å²) in [7, 11) is 0. The average molecular weight is 277 g/mol. The molecule has 1 aromatic heterocycles. The first kappa shape index (κ1) is 13.1. The smallest absolute Gasteiger partial charge is 0.255 e. The van der Waals surface area contributed by atoms with E-state index in [9.17, 15) is 4.79 Å². The lowest BCUT2D eigenvalue weighted by atomic mass is 10.1. The molecule has 2 N–H and O–H groups in total. The zero-order chi connectivity index (χ0) is 14.7. The van der Waals surface area contributed by atoms with Crippen molar-refractivity contribution in [2.75, 3.05) is 5.32 Å². The molecule has 0 saturated heterocycles. The number of nitrogens with zero attached hydrogens (tertiary/aromatic N) is 1. The molecule has 0 aliphatic carbocycles. The van der Waals surface area contributed by atoms with Crippen molar-refractivity contribution >= 4 is 11.6 Å². The Morgan fingerprint density at radius 2 is 1.76 bits per heavy atom. The molecule has 4 nitrogen and oxygen atoms in total. The van der Waals surface area contributed by atoms with Gasteiger partial charge in [0.1, 0.15) is 5.82 Å². The maximum atomic E-state index is 12.1. The highest BCUT2D eigenvalue weighted by Gasteiger charge is 2.06. The van der Waals surface area contributed by atoms with Crippen LogP contribution >= 0.6 is 0 Å². The van der Waals surface area contributed by atoms with Gasteiger partial charge in [-0.2, -0.15) is 0 Å². The molecular formula is C17H15N3O. The van der Waals surface area contributed by atoms with Gasteiger partial charge in [0.15, 0.2) is 0 Å². The molecule has 2 aromatic carbocycles. The van der Waals surface area contributed by atoms with Crippen molar-refractivity contribution in [3.63, 3.8) is 0 Å². The number of amides is 1. The van der Waals surface area contributed by atoms with Gasteiger partial charge >= 0.3 is 0 Å². The molecular weight excluding hydrogens is 262 g/mol. The lowest BCUT2D eigenvalue weighted by Gasteiger charge is -2.06. The Bertz CT molecular complexity index is 729. The number of benzene rings is 2. The minimum Gasteiger partial charge on any atom is -0.345 e. The molecule has 0 fully saturated rings. The number of rotatable bonds is 3. The predicted octanol–water partition coefficient (Wildman–Crippen LogP) is 3.64. The van der Waals surface area contributed by atoms with Crippen molar-refractivity contribution in [2.24, 2.45) is 0 Å². The highest BCUT2D eigenvalue weighted by Crippen LogP contribution is 2.18. The van der Waals surface area contributed by atoms with Gasteiger partial charge in [-0.15, -0.1) is 0 Å². The molecule has 104 valence electrons. The van der Waals surface area contributed by atoms with Crippen LogP contribution in [0.2, 0.25) is 0 Å². The monoisotopic (exact) mass is 277 g/mol. The molecule has 0 bridgehead atoms. The highest BCUT2D eigenvalue weighted by molar-refractivity contribution is 6.04. The van der Waals surface area contributed by atoms with Gasteiger partial charge < -0.3 is 10.3 Å². The van der Waals surface area contributed by atoms with E-state index >= 15 is 0 Å². The number of aromatic amines is 1. The summed E-state index contributed by atoms with van der Waals surface area (Å²) >= 11 is 0. The molecule has 0 atom stereocenters. The van der Waals surface area contributed by atoms with Crippen LogP contribution in [0.4, 0.5) is 5.69 Å². The minimum absolute atomic E-state index is 0.110. The SMILES string of the molecule is Cc1ccc(C(=O)Nc2ccc(-c3ncc[nH]3)cc2)cc1. The van der Waals surface area contributed by atoms with Crippen LogP contribution in [-0.2, 0) is 0 Å². The van der Waals surface area contributed by atoms with Crippen molar-refractivity contribution in [1.29, 1.82) is 0 Å². The molecule has 0 aliphatic heterocycles. The van der Waals surface area contributed by atoms with Gasteiger partial charge in [0, 0.05) is 29.2 Å². The van der Waals surface area contributed by atoms with E-state index in [0.717, 1.165) is 22.6 Å². The summed E-state index contributed by atoms with van der Waals surface area (Å²) in [4.78, 5) is 19.3. The number of hydrogen-bond acceptors (Lipinski definition) is 2. The number of carbonyl (C=O) groups excluding carboxylic acids is 1. The molecule has 0 radical (unpaired) electrons. The van der Waals surface area contributed by atoms with Crippen molar-refractivity contribution in [1.82, 2.24) is 9.97 Å². The largest absolute Gasteiger partial charge is 0.345 e. The van der Waals surface area contributed by atoms with Gasteiger partial charge in [-0.3, -0.25) is 4.79 Å². The molecule has 3 rings (SSSR count). The number of H-pyrrole nitrogens is 1. The number of aryl methyl sites for hydroxylation is 1. The van der Waals surface area contributed by atoms with Crippen LogP contribution in [0.25, 0.3) is 11.4 Å². The second-order valence-electron chi connectivity index (χ2n) is 4.84. The van der Waals surface area contributed by atoms with E-state index < -0.39 is 0 Å². The second-order valence-corrected chi connectivity index (χ2v) is 4.84. The van der Waals surface area contributed by atoms with E-state index in [2.05, 4.69) is 15.3 Å². The zero-order valence-electron chi connectivity index (χ0n) is 11.6. The summed E-state index contributed by atoms with van der Waals surface area (Å²) in [5.74, 6) is 0.701. The number of imidazole rings is 1. The lowest BCUT2D eigenvalue weighted by Crippen LogP contribution is -2.11. The van der Waals surface area contributed by atoms with Crippen LogP contribution in [0.5, 0.6) is 0 Å². The summed E-state index contributed by atoms with van der Waals surface area (Å²) in [5, 5.41) is 2.88. The Morgan fingerprint density at radius 3 is 2.38 bits per heavy atom. The topological polar surface area (TPSA) is 57.8 Å². The van der Waals surface area contributed by atoms with Crippen LogP contribution in [0, 0.1) is 6.92 Å². The third-order valence-electron chi connectivity index (χ3n) is 3.23. The van der Waals surface area contributed by atoms with E-state index in [4.69, 9.17) is 0 Å². The van der Waals surface area contributed by atoms with Crippen LogP contribution in [0.15, 0.2) is 60.9 Å². The predicted molar refractivity (Wildman–Crippen MR) is 83.2 cm³/mol. The van der Waals surface area contributed by atoms with Crippen LogP contribution in [0.3, 0.4) is 0 Å². The van der Waals surface area contributed by atoms with E-state index in [1.54, 1.807) is 12.4 Å². The number of carbonyl (C=O) groups is 1.